The molecule has 1 aromatic carbocycles. The van der Waals surface area contributed by atoms with Crippen molar-refractivity contribution in [1.82, 2.24) is 0 Å². The highest BCUT2D eigenvalue weighted by Crippen LogP contribution is 2.27. The smallest absolute Gasteiger partial charge is 0.175 e. The Morgan fingerprint density at radius 1 is 1.27 bits per heavy atom. The molecule has 0 amide bonds. The van der Waals surface area contributed by atoms with Crippen molar-refractivity contribution in [3.05, 3.63) is 23.3 Å². The molecule has 0 fully saturated rings. The fraction of sp³-hybridized carbons (Fsp3) is 0.455. The lowest BCUT2D eigenvalue weighted by Crippen LogP contribution is -2.05. The molecule has 84 valence electrons. The van der Waals surface area contributed by atoms with Crippen molar-refractivity contribution in [3.63, 3.8) is 0 Å². The third-order valence-corrected chi connectivity index (χ3v) is 3.64. The second kappa shape index (κ2) is 3.85. The first-order valence-corrected chi connectivity index (χ1v) is 6.72. The molecule has 4 heteroatoms. The van der Waals surface area contributed by atoms with Crippen LogP contribution in [-0.2, 0) is 9.84 Å². The maximum Gasteiger partial charge on any atom is 0.175 e. The zero-order chi connectivity index (χ0) is 11.8. The van der Waals surface area contributed by atoms with Crippen LogP contribution in [0.5, 0.6) is 0 Å². The zero-order valence-corrected chi connectivity index (χ0v) is 10.4. The molecule has 0 aliphatic rings. The Hall–Kier alpha value is -1.03. The van der Waals surface area contributed by atoms with E-state index in [1.54, 1.807) is 13.0 Å². The van der Waals surface area contributed by atoms with Gasteiger partial charge in [0.1, 0.15) is 0 Å². The Morgan fingerprint density at radius 3 is 2.20 bits per heavy atom. The summed E-state index contributed by atoms with van der Waals surface area (Å²) in [4.78, 5) is 0.324. The van der Waals surface area contributed by atoms with Gasteiger partial charge in [0, 0.05) is 11.9 Å². The highest BCUT2D eigenvalue weighted by molar-refractivity contribution is 7.90. The van der Waals surface area contributed by atoms with Gasteiger partial charge in [-0.2, -0.15) is 0 Å². The van der Waals surface area contributed by atoms with E-state index in [9.17, 15) is 8.42 Å². The lowest BCUT2D eigenvalue weighted by molar-refractivity contribution is 0.601. The number of sulfone groups is 1. The van der Waals surface area contributed by atoms with Crippen LogP contribution >= 0.6 is 0 Å². The maximum absolute atomic E-state index is 11.4. The minimum absolute atomic E-state index is 0.303. The van der Waals surface area contributed by atoms with Crippen LogP contribution in [0.3, 0.4) is 0 Å². The number of aryl methyl sites for hydroxylation is 1. The molecule has 0 saturated carbocycles. The lowest BCUT2D eigenvalue weighted by Gasteiger charge is -2.13. The molecule has 0 radical (unpaired) electrons. The number of rotatable bonds is 2. The number of anilines is 1. The van der Waals surface area contributed by atoms with E-state index in [0.29, 0.717) is 16.5 Å². The van der Waals surface area contributed by atoms with E-state index >= 15 is 0 Å². The first-order valence-electron chi connectivity index (χ1n) is 4.83. The monoisotopic (exact) mass is 227 g/mol. The van der Waals surface area contributed by atoms with Crippen molar-refractivity contribution >= 4 is 15.5 Å². The second-order valence-electron chi connectivity index (χ2n) is 4.17. The molecule has 0 unspecified atom stereocenters. The van der Waals surface area contributed by atoms with Gasteiger partial charge >= 0.3 is 0 Å². The van der Waals surface area contributed by atoms with Crippen LogP contribution in [0.4, 0.5) is 5.69 Å². The zero-order valence-electron chi connectivity index (χ0n) is 9.53. The Bertz CT molecular complexity index is 476. The Morgan fingerprint density at radius 2 is 1.80 bits per heavy atom. The molecule has 0 saturated heterocycles. The number of hydrogen-bond donors (Lipinski definition) is 1. The molecule has 0 aliphatic heterocycles. The molecule has 3 nitrogen and oxygen atoms in total. The molecule has 1 aromatic rings. The molecular weight excluding hydrogens is 210 g/mol. The van der Waals surface area contributed by atoms with Gasteiger partial charge < -0.3 is 5.73 Å². The van der Waals surface area contributed by atoms with Gasteiger partial charge in [0.25, 0.3) is 0 Å². The Kier molecular flexibility index (Phi) is 3.09. The summed E-state index contributed by atoms with van der Waals surface area (Å²) >= 11 is 0. The molecule has 0 aromatic heterocycles. The molecule has 2 N–H and O–H groups in total. The quantitative estimate of drug-likeness (QED) is 0.787. The van der Waals surface area contributed by atoms with E-state index in [1.807, 2.05) is 19.9 Å². The van der Waals surface area contributed by atoms with Crippen LogP contribution < -0.4 is 5.73 Å². The summed E-state index contributed by atoms with van der Waals surface area (Å²) < 4.78 is 22.9. The highest BCUT2D eigenvalue weighted by atomic mass is 32.2. The normalized spacial score (nSPS) is 12.1. The minimum Gasteiger partial charge on any atom is -0.398 e. The van der Waals surface area contributed by atoms with Crippen LogP contribution in [-0.4, -0.2) is 14.7 Å². The molecule has 1 rings (SSSR count). The Labute approximate surface area is 91.2 Å². The third-order valence-electron chi connectivity index (χ3n) is 2.40. The predicted octanol–water partition coefficient (Wildman–Crippen LogP) is 2.10. The van der Waals surface area contributed by atoms with Crippen molar-refractivity contribution in [2.75, 3.05) is 12.0 Å². The van der Waals surface area contributed by atoms with Gasteiger partial charge in [-0.05, 0) is 30.0 Å². The third kappa shape index (κ3) is 2.50. The highest BCUT2D eigenvalue weighted by Gasteiger charge is 2.14. The van der Waals surface area contributed by atoms with Crippen molar-refractivity contribution in [3.8, 4) is 0 Å². The standard InChI is InChI=1S/C11H17NO2S/c1-7(2)9-5-8(3)11(6-10(9)12)15(4,13)14/h5-7H,12H2,1-4H3. The predicted molar refractivity (Wildman–Crippen MR) is 62.8 cm³/mol. The van der Waals surface area contributed by atoms with Crippen LogP contribution in [0.25, 0.3) is 0 Å². The Balaban J connectivity index is 3.46. The van der Waals surface area contributed by atoms with E-state index in [1.165, 1.54) is 6.26 Å². The fourth-order valence-corrected chi connectivity index (χ4v) is 2.61. The summed E-state index contributed by atoms with van der Waals surface area (Å²) in [5, 5.41) is 0. The van der Waals surface area contributed by atoms with E-state index in [-0.39, 0.29) is 0 Å². The molecule has 0 bridgehead atoms. The molecule has 0 heterocycles. The first-order chi connectivity index (χ1) is 6.73. The molecule has 0 spiro atoms. The van der Waals surface area contributed by atoms with Gasteiger partial charge in [-0.1, -0.05) is 19.9 Å². The summed E-state index contributed by atoms with van der Waals surface area (Å²) in [6.45, 7) is 5.86. The van der Waals surface area contributed by atoms with Crippen LogP contribution in [0.1, 0.15) is 30.9 Å². The number of nitrogen functional groups attached to an aromatic ring is 1. The van der Waals surface area contributed by atoms with Crippen LogP contribution in [0.15, 0.2) is 17.0 Å². The first kappa shape index (κ1) is 12.0. The van der Waals surface area contributed by atoms with Gasteiger partial charge in [-0.15, -0.1) is 0 Å². The van der Waals surface area contributed by atoms with E-state index < -0.39 is 9.84 Å². The van der Waals surface area contributed by atoms with Gasteiger partial charge in [-0.3, -0.25) is 0 Å². The number of nitrogens with two attached hydrogens (primary N) is 1. The van der Waals surface area contributed by atoms with Gasteiger partial charge in [-0.25, -0.2) is 8.42 Å². The summed E-state index contributed by atoms with van der Waals surface area (Å²) in [7, 11) is -3.18. The maximum atomic E-state index is 11.4. The second-order valence-corrected chi connectivity index (χ2v) is 6.16. The van der Waals surface area contributed by atoms with Crippen LogP contribution in [0, 0.1) is 6.92 Å². The largest absolute Gasteiger partial charge is 0.398 e. The van der Waals surface area contributed by atoms with Gasteiger partial charge in [0.2, 0.25) is 0 Å². The average Bonchev–Trinajstić information content (AvgIpc) is 2.06. The molecule has 15 heavy (non-hydrogen) atoms. The number of benzene rings is 1. The van der Waals surface area contributed by atoms with Crippen molar-refractivity contribution in [2.24, 2.45) is 0 Å². The number of hydrogen-bond acceptors (Lipinski definition) is 3. The average molecular weight is 227 g/mol. The molecule has 0 atom stereocenters. The SMILES string of the molecule is Cc1cc(C(C)C)c(N)cc1S(C)(=O)=O. The van der Waals surface area contributed by atoms with Crippen molar-refractivity contribution < 1.29 is 8.42 Å². The molecule has 0 aliphatic carbocycles. The van der Waals surface area contributed by atoms with Crippen molar-refractivity contribution in [2.45, 2.75) is 31.6 Å². The van der Waals surface area contributed by atoms with Gasteiger partial charge in [0.05, 0.1) is 4.90 Å². The summed E-state index contributed by atoms with van der Waals surface area (Å²) in [5.41, 5.74) is 8.13. The fourth-order valence-electron chi connectivity index (χ4n) is 1.63. The summed E-state index contributed by atoms with van der Waals surface area (Å²) in [5.74, 6) is 0.303. The van der Waals surface area contributed by atoms with Gasteiger partial charge in [0.15, 0.2) is 9.84 Å². The minimum atomic E-state index is -3.18. The lowest BCUT2D eigenvalue weighted by atomic mass is 9.99. The van der Waals surface area contributed by atoms with Crippen molar-refractivity contribution in [1.29, 1.82) is 0 Å². The topological polar surface area (TPSA) is 60.2 Å². The van der Waals surface area contributed by atoms with E-state index in [4.69, 9.17) is 5.73 Å². The van der Waals surface area contributed by atoms with Crippen LogP contribution in [0.2, 0.25) is 0 Å². The summed E-state index contributed by atoms with van der Waals surface area (Å²) in [6.07, 6.45) is 1.20. The van der Waals surface area contributed by atoms with E-state index in [2.05, 4.69) is 0 Å². The summed E-state index contributed by atoms with van der Waals surface area (Å²) in [6, 6.07) is 3.41. The molecular formula is C11H17NO2S. The van der Waals surface area contributed by atoms with E-state index in [0.717, 1.165) is 11.1 Å².